The third-order valence-corrected chi connectivity index (χ3v) is 2.08. The lowest BCUT2D eigenvalue weighted by atomic mass is 10.2. The SMILES string of the molecule is S=C=NC(=NC=C(Cl)Cl)c1ccc(Cl)cc1. The van der Waals surface area contributed by atoms with Crippen molar-refractivity contribution >= 4 is 58.0 Å². The van der Waals surface area contributed by atoms with E-state index in [0.717, 1.165) is 5.56 Å². The highest BCUT2D eigenvalue weighted by atomic mass is 35.5. The minimum absolute atomic E-state index is 0.0334. The Morgan fingerprint density at radius 2 is 1.88 bits per heavy atom. The number of aliphatic imine (C=N–C) groups is 2. The molecule has 0 heterocycles. The number of rotatable bonds is 2. The Labute approximate surface area is 113 Å². The maximum absolute atomic E-state index is 5.76. The van der Waals surface area contributed by atoms with Crippen LogP contribution in [0.15, 0.2) is 44.9 Å². The van der Waals surface area contributed by atoms with Crippen molar-refractivity contribution in [3.05, 3.63) is 45.5 Å². The Hall–Kier alpha value is -0.700. The van der Waals surface area contributed by atoms with Crippen molar-refractivity contribution < 1.29 is 0 Å². The van der Waals surface area contributed by atoms with Gasteiger partial charge in [0.2, 0.25) is 0 Å². The highest BCUT2D eigenvalue weighted by Crippen LogP contribution is 2.12. The van der Waals surface area contributed by atoms with Gasteiger partial charge in [-0.25, -0.2) is 4.99 Å². The molecule has 1 aromatic rings. The van der Waals surface area contributed by atoms with E-state index in [4.69, 9.17) is 34.8 Å². The van der Waals surface area contributed by atoms with E-state index in [9.17, 15) is 0 Å². The van der Waals surface area contributed by atoms with Crippen LogP contribution in [0, 0.1) is 0 Å². The van der Waals surface area contributed by atoms with Crippen LogP contribution in [0.5, 0.6) is 0 Å². The van der Waals surface area contributed by atoms with E-state index < -0.39 is 0 Å². The van der Waals surface area contributed by atoms with Gasteiger partial charge in [0.15, 0.2) is 5.84 Å². The maximum Gasteiger partial charge on any atom is 0.169 e. The molecule has 0 saturated heterocycles. The highest BCUT2D eigenvalue weighted by molar-refractivity contribution is 7.78. The highest BCUT2D eigenvalue weighted by Gasteiger charge is 2.00. The van der Waals surface area contributed by atoms with E-state index in [-0.39, 0.29) is 4.49 Å². The van der Waals surface area contributed by atoms with E-state index >= 15 is 0 Å². The van der Waals surface area contributed by atoms with Crippen molar-refractivity contribution in [1.82, 2.24) is 0 Å². The van der Waals surface area contributed by atoms with Crippen LogP contribution in [0.1, 0.15) is 5.56 Å². The molecule has 0 N–H and O–H groups in total. The van der Waals surface area contributed by atoms with E-state index in [0.29, 0.717) is 10.9 Å². The molecule has 2 nitrogen and oxygen atoms in total. The van der Waals surface area contributed by atoms with Gasteiger partial charge in [-0.2, -0.15) is 4.99 Å². The van der Waals surface area contributed by atoms with Crippen LogP contribution in [0.25, 0.3) is 0 Å². The molecule has 0 unspecified atom stereocenters. The number of halogens is 3. The molecule has 82 valence electrons. The molecule has 0 atom stereocenters. The fraction of sp³-hybridized carbons (Fsp3) is 0. The minimum Gasteiger partial charge on any atom is -0.233 e. The maximum atomic E-state index is 5.76. The number of isothiocyanates is 1. The van der Waals surface area contributed by atoms with Gasteiger partial charge >= 0.3 is 0 Å². The molecule has 6 heteroatoms. The van der Waals surface area contributed by atoms with Crippen molar-refractivity contribution in [2.45, 2.75) is 0 Å². The average molecular weight is 292 g/mol. The summed E-state index contributed by atoms with van der Waals surface area (Å²) in [5.74, 6) is 0.366. The summed E-state index contributed by atoms with van der Waals surface area (Å²) < 4.78 is 0.0334. The molecule has 1 aromatic carbocycles. The molecule has 0 aliphatic rings. The van der Waals surface area contributed by atoms with Crippen LogP contribution < -0.4 is 0 Å². The van der Waals surface area contributed by atoms with Crippen molar-refractivity contribution in [1.29, 1.82) is 0 Å². The van der Waals surface area contributed by atoms with Gasteiger partial charge in [-0.1, -0.05) is 34.8 Å². The lowest BCUT2D eigenvalue weighted by molar-refractivity contribution is 1.47. The molecule has 0 spiro atoms. The largest absolute Gasteiger partial charge is 0.233 e. The molecule has 0 amide bonds. The third-order valence-electron chi connectivity index (χ3n) is 1.54. The van der Waals surface area contributed by atoms with E-state index in [1.807, 2.05) is 0 Å². The van der Waals surface area contributed by atoms with Crippen LogP contribution in [-0.2, 0) is 0 Å². The van der Waals surface area contributed by atoms with Crippen LogP contribution in [0.2, 0.25) is 5.02 Å². The van der Waals surface area contributed by atoms with Crippen LogP contribution in [0.4, 0.5) is 0 Å². The van der Waals surface area contributed by atoms with Crippen molar-refractivity contribution in [3.8, 4) is 0 Å². The number of hydrogen-bond acceptors (Lipinski definition) is 2. The van der Waals surface area contributed by atoms with Gasteiger partial charge in [0.1, 0.15) is 4.49 Å². The zero-order valence-corrected chi connectivity index (χ0v) is 10.9. The quantitative estimate of drug-likeness (QED) is 0.448. The lowest BCUT2D eigenvalue weighted by Crippen LogP contribution is -1.95. The fourth-order valence-electron chi connectivity index (χ4n) is 0.920. The van der Waals surface area contributed by atoms with Crippen LogP contribution in [0.3, 0.4) is 0 Å². The molecular formula is C10H5Cl3N2S. The summed E-state index contributed by atoms with van der Waals surface area (Å²) in [6, 6.07) is 6.95. The topological polar surface area (TPSA) is 24.7 Å². The Morgan fingerprint density at radius 3 is 2.38 bits per heavy atom. The standard InChI is InChI=1S/C10H5Cl3N2S/c11-8-3-1-7(2-4-8)10(15-6-16)14-5-9(12)13/h1-5H. The molecule has 0 fully saturated rings. The second-order valence-electron chi connectivity index (χ2n) is 2.58. The van der Waals surface area contributed by atoms with Gasteiger partial charge in [0.25, 0.3) is 0 Å². The normalized spacial score (nSPS) is 10.6. The average Bonchev–Trinajstić information content (AvgIpc) is 2.25. The number of hydrogen-bond donors (Lipinski definition) is 0. The molecule has 0 bridgehead atoms. The number of thiocarbonyl (C=S) groups is 1. The Balaban J connectivity index is 3.12. The molecule has 0 aliphatic heterocycles. The number of amidine groups is 1. The summed E-state index contributed by atoms with van der Waals surface area (Å²) >= 11 is 21.2. The first-order valence-electron chi connectivity index (χ1n) is 4.06. The Bertz CT molecular complexity index is 469. The van der Waals surface area contributed by atoms with Crippen molar-refractivity contribution in [2.24, 2.45) is 9.98 Å². The zero-order chi connectivity index (χ0) is 12.0. The van der Waals surface area contributed by atoms with Gasteiger partial charge < -0.3 is 0 Å². The molecule has 16 heavy (non-hydrogen) atoms. The summed E-state index contributed by atoms with van der Waals surface area (Å²) in [4.78, 5) is 7.77. The van der Waals surface area contributed by atoms with Crippen molar-refractivity contribution in [2.75, 3.05) is 0 Å². The van der Waals surface area contributed by atoms with E-state index in [1.165, 1.54) is 6.20 Å². The summed E-state index contributed by atoms with van der Waals surface area (Å²) in [6.07, 6.45) is 1.27. The number of benzene rings is 1. The van der Waals surface area contributed by atoms with Gasteiger partial charge in [0.05, 0.1) is 11.4 Å². The first-order valence-corrected chi connectivity index (χ1v) is 5.60. The van der Waals surface area contributed by atoms with E-state index in [2.05, 4.69) is 27.4 Å². The summed E-state index contributed by atoms with van der Waals surface area (Å²) in [6.45, 7) is 0. The third kappa shape index (κ3) is 4.44. The van der Waals surface area contributed by atoms with Crippen LogP contribution >= 0.6 is 47.0 Å². The van der Waals surface area contributed by atoms with Gasteiger partial charge in [-0.15, -0.1) is 0 Å². The first-order chi connectivity index (χ1) is 7.63. The second kappa shape index (κ2) is 6.79. The monoisotopic (exact) mass is 290 g/mol. The van der Waals surface area contributed by atoms with Crippen molar-refractivity contribution in [3.63, 3.8) is 0 Å². The van der Waals surface area contributed by atoms with E-state index in [1.54, 1.807) is 24.3 Å². The van der Waals surface area contributed by atoms with Gasteiger partial charge in [-0.05, 0) is 36.5 Å². The smallest absolute Gasteiger partial charge is 0.169 e. The summed E-state index contributed by atoms with van der Waals surface area (Å²) in [7, 11) is 0. The first kappa shape index (κ1) is 13.4. The predicted molar refractivity (Wildman–Crippen MR) is 72.8 cm³/mol. The van der Waals surface area contributed by atoms with Gasteiger partial charge in [-0.3, -0.25) is 0 Å². The van der Waals surface area contributed by atoms with Gasteiger partial charge in [0, 0.05) is 10.6 Å². The Kier molecular flexibility index (Phi) is 5.67. The molecule has 0 aliphatic carbocycles. The molecule has 0 aromatic heterocycles. The van der Waals surface area contributed by atoms with Crippen LogP contribution in [-0.4, -0.2) is 11.0 Å². The molecule has 0 saturated carbocycles. The summed E-state index contributed by atoms with van der Waals surface area (Å²) in [5.41, 5.74) is 0.743. The number of nitrogens with zero attached hydrogens (tertiary/aromatic N) is 2. The lowest BCUT2D eigenvalue weighted by Gasteiger charge is -1.98. The second-order valence-corrected chi connectivity index (χ2v) is 4.21. The molecule has 0 radical (unpaired) electrons. The summed E-state index contributed by atoms with van der Waals surface area (Å²) in [5, 5.41) is 2.86. The fourth-order valence-corrected chi connectivity index (χ4v) is 1.23. The molecule has 1 rings (SSSR count). The molecular weight excluding hydrogens is 287 g/mol. The minimum atomic E-state index is 0.0334. The predicted octanol–water partition coefficient (Wildman–Crippen LogP) is 4.47. The zero-order valence-electron chi connectivity index (χ0n) is 7.82. The Morgan fingerprint density at radius 1 is 1.25 bits per heavy atom.